The molecule has 1 fully saturated rings. The molecule has 1 aromatic carbocycles. The molecule has 0 aliphatic carbocycles. The second kappa shape index (κ2) is 8.37. The molecular formula is C19H31ClN4O2S. The Morgan fingerprint density at radius 2 is 1.63 bits per heavy atom. The second-order valence-corrected chi connectivity index (χ2v) is 10.6. The predicted molar refractivity (Wildman–Crippen MR) is 113 cm³/mol. The Morgan fingerprint density at radius 1 is 1.15 bits per heavy atom. The van der Waals surface area contributed by atoms with E-state index in [2.05, 4.69) is 28.8 Å². The van der Waals surface area contributed by atoms with Gasteiger partial charge in [-0.15, -0.1) is 0 Å². The van der Waals surface area contributed by atoms with Crippen molar-refractivity contribution in [1.29, 1.82) is 4.78 Å². The van der Waals surface area contributed by atoms with Crippen molar-refractivity contribution in [2.45, 2.75) is 64.7 Å². The first-order chi connectivity index (χ1) is 12.4. The van der Waals surface area contributed by atoms with E-state index in [4.69, 9.17) is 16.4 Å². The van der Waals surface area contributed by atoms with E-state index in [0.29, 0.717) is 29.8 Å². The summed E-state index contributed by atoms with van der Waals surface area (Å²) in [7, 11) is -3.21. The van der Waals surface area contributed by atoms with Crippen LogP contribution < -0.4 is 10.0 Å². The number of halogens is 1. The minimum absolute atomic E-state index is 0.156. The van der Waals surface area contributed by atoms with Crippen LogP contribution in [-0.4, -0.2) is 39.5 Å². The first-order valence-electron chi connectivity index (χ1n) is 9.36. The monoisotopic (exact) mass is 414 g/mol. The highest BCUT2D eigenvalue weighted by atomic mass is 35.5. The molecule has 0 bridgehead atoms. The number of likely N-dealkylation sites (tertiary alicyclic amines) is 1. The van der Waals surface area contributed by atoms with Gasteiger partial charge in [0.2, 0.25) is 0 Å². The maximum absolute atomic E-state index is 12.7. The van der Waals surface area contributed by atoms with Gasteiger partial charge in [-0.2, -0.15) is 0 Å². The van der Waals surface area contributed by atoms with Crippen LogP contribution in [-0.2, 0) is 9.92 Å². The van der Waals surface area contributed by atoms with E-state index in [1.54, 1.807) is 0 Å². The highest BCUT2D eigenvalue weighted by Gasteiger charge is 2.37. The van der Waals surface area contributed by atoms with Gasteiger partial charge in [0.05, 0.1) is 5.25 Å². The molecule has 0 spiro atoms. The quantitative estimate of drug-likeness (QED) is 0.627. The van der Waals surface area contributed by atoms with Crippen LogP contribution in [0.15, 0.2) is 12.1 Å². The Labute approximate surface area is 168 Å². The van der Waals surface area contributed by atoms with Crippen molar-refractivity contribution in [3.63, 3.8) is 0 Å². The number of hydrogen-bond acceptors (Lipinski definition) is 4. The molecule has 152 valence electrons. The van der Waals surface area contributed by atoms with Crippen LogP contribution in [0.2, 0.25) is 5.02 Å². The number of benzene rings is 1. The maximum Gasteiger partial charge on any atom is 0.331 e. The fraction of sp³-hybridized carbons (Fsp3) is 0.632. The molecule has 1 atom stereocenters. The summed E-state index contributed by atoms with van der Waals surface area (Å²) < 4.78 is 23.2. The smallest absolute Gasteiger partial charge is 0.307 e. The van der Waals surface area contributed by atoms with Crippen molar-refractivity contribution in [2.24, 2.45) is 0 Å². The van der Waals surface area contributed by atoms with Crippen LogP contribution >= 0.6 is 11.6 Å². The Hall–Kier alpha value is -1.31. The molecule has 2 amide bonds. The van der Waals surface area contributed by atoms with Crippen LogP contribution in [0, 0.1) is 4.78 Å². The molecule has 1 aliphatic heterocycles. The summed E-state index contributed by atoms with van der Waals surface area (Å²) in [4.78, 5) is 14.7. The van der Waals surface area contributed by atoms with E-state index in [-0.39, 0.29) is 17.1 Å². The summed E-state index contributed by atoms with van der Waals surface area (Å²) >= 11 is 6.25. The molecule has 3 N–H and O–H groups in total. The number of carbonyl (C=O) groups is 1. The van der Waals surface area contributed by atoms with Gasteiger partial charge in [-0.25, -0.2) is 13.8 Å². The van der Waals surface area contributed by atoms with Gasteiger partial charge in [-0.3, -0.25) is 9.62 Å². The van der Waals surface area contributed by atoms with Crippen molar-refractivity contribution < 1.29 is 9.00 Å². The summed E-state index contributed by atoms with van der Waals surface area (Å²) in [5.74, 6) is 0.311. The lowest BCUT2D eigenvalue weighted by molar-refractivity contribution is 0.143. The Kier molecular flexibility index (Phi) is 6.81. The zero-order valence-electron chi connectivity index (χ0n) is 16.9. The lowest BCUT2D eigenvalue weighted by Crippen LogP contribution is -2.59. The number of nitrogens with one attached hydrogen (secondary N) is 3. The molecule has 2 rings (SSSR count). The third-order valence-corrected chi connectivity index (χ3v) is 6.91. The predicted octanol–water partition coefficient (Wildman–Crippen LogP) is 4.76. The standard InChI is InChI=1S/C19H31ClN4O2S/c1-11(2)16-7-14(20)8-17(12(3)4)18(16)22-19(25)23-27(21,26)15-9-24(10-15)13(5)6/h7-8,11-13,15H,9-10H2,1-6H3,(H3,21,22,23,25,26). The molecular weight excluding hydrogens is 384 g/mol. The van der Waals surface area contributed by atoms with E-state index in [1.165, 1.54) is 0 Å². The largest absolute Gasteiger partial charge is 0.331 e. The first kappa shape index (κ1) is 22.0. The van der Waals surface area contributed by atoms with Gasteiger partial charge in [-0.1, -0.05) is 39.3 Å². The van der Waals surface area contributed by atoms with Crippen molar-refractivity contribution in [2.75, 3.05) is 18.4 Å². The summed E-state index contributed by atoms with van der Waals surface area (Å²) in [6.45, 7) is 13.4. The lowest BCUT2D eigenvalue weighted by Gasteiger charge is -2.42. The average molecular weight is 415 g/mol. The van der Waals surface area contributed by atoms with Crippen LogP contribution in [0.1, 0.15) is 64.5 Å². The number of urea groups is 1. The van der Waals surface area contributed by atoms with Gasteiger partial charge in [0.15, 0.2) is 0 Å². The van der Waals surface area contributed by atoms with E-state index in [0.717, 1.165) is 11.1 Å². The minimum Gasteiger partial charge on any atom is -0.307 e. The molecule has 27 heavy (non-hydrogen) atoms. The van der Waals surface area contributed by atoms with Crippen molar-refractivity contribution in [3.8, 4) is 0 Å². The van der Waals surface area contributed by atoms with Gasteiger partial charge < -0.3 is 5.32 Å². The van der Waals surface area contributed by atoms with Crippen molar-refractivity contribution >= 4 is 33.2 Å². The van der Waals surface area contributed by atoms with Crippen LogP contribution in [0.4, 0.5) is 10.5 Å². The van der Waals surface area contributed by atoms with Gasteiger partial charge in [0, 0.05) is 29.8 Å². The molecule has 6 nitrogen and oxygen atoms in total. The minimum atomic E-state index is -3.21. The number of rotatable bonds is 6. The molecule has 0 saturated carbocycles. The van der Waals surface area contributed by atoms with Crippen molar-refractivity contribution in [1.82, 2.24) is 9.62 Å². The third kappa shape index (κ3) is 5.15. The molecule has 0 aromatic heterocycles. The number of carbonyl (C=O) groups excluding carboxylic acids is 1. The summed E-state index contributed by atoms with van der Waals surface area (Å²) in [6.07, 6.45) is 0. The SMILES string of the molecule is CC(C)c1cc(Cl)cc(C(C)C)c1NC(=O)NS(=N)(=O)C1CN(C(C)C)C1. The van der Waals surface area contributed by atoms with E-state index < -0.39 is 15.9 Å². The number of anilines is 1. The van der Waals surface area contributed by atoms with Crippen molar-refractivity contribution in [3.05, 3.63) is 28.3 Å². The zero-order valence-corrected chi connectivity index (χ0v) is 18.5. The first-order valence-corrected chi connectivity index (χ1v) is 11.4. The Morgan fingerprint density at radius 3 is 2.04 bits per heavy atom. The normalized spacial score (nSPS) is 17.9. The Bertz CT molecular complexity index is 771. The van der Waals surface area contributed by atoms with Crippen LogP contribution in [0.5, 0.6) is 0 Å². The highest BCUT2D eigenvalue weighted by molar-refractivity contribution is 7.91. The molecule has 1 aromatic rings. The number of amides is 2. The molecule has 1 saturated heterocycles. The summed E-state index contributed by atoms with van der Waals surface area (Å²) in [5.41, 5.74) is 2.54. The third-order valence-electron chi connectivity index (χ3n) is 4.97. The average Bonchev–Trinajstić information content (AvgIpc) is 2.44. The highest BCUT2D eigenvalue weighted by Crippen LogP contribution is 2.35. The van der Waals surface area contributed by atoms with Gasteiger partial charge >= 0.3 is 6.03 Å². The molecule has 8 heteroatoms. The zero-order chi connectivity index (χ0) is 20.5. The lowest BCUT2D eigenvalue weighted by atomic mass is 9.92. The topological polar surface area (TPSA) is 85.3 Å². The molecule has 1 unspecified atom stereocenters. The van der Waals surface area contributed by atoms with Gasteiger partial charge in [0.25, 0.3) is 0 Å². The van der Waals surface area contributed by atoms with Crippen LogP contribution in [0.25, 0.3) is 0 Å². The fourth-order valence-electron chi connectivity index (χ4n) is 3.17. The second-order valence-electron chi connectivity index (χ2n) is 8.10. The molecule has 0 radical (unpaired) electrons. The molecule has 1 aliphatic rings. The molecule has 1 heterocycles. The van der Waals surface area contributed by atoms with Gasteiger partial charge in [-0.05, 0) is 48.9 Å². The maximum atomic E-state index is 12.7. The van der Waals surface area contributed by atoms with Gasteiger partial charge in [0.1, 0.15) is 9.92 Å². The number of nitrogens with zero attached hydrogens (tertiary/aromatic N) is 1. The van der Waals surface area contributed by atoms with E-state index in [1.807, 2.05) is 39.8 Å². The Balaban J connectivity index is 2.18. The van der Waals surface area contributed by atoms with Crippen LogP contribution in [0.3, 0.4) is 0 Å². The summed E-state index contributed by atoms with van der Waals surface area (Å²) in [5, 5.41) is 3.12. The number of hydrogen-bond donors (Lipinski definition) is 3. The van der Waals surface area contributed by atoms with E-state index >= 15 is 0 Å². The summed E-state index contributed by atoms with van der Waals surface area (Å²) in [6, 6.07) is 3.43. The van der Waals surface area contributed by atoms with E-state index in [9.17, 15) is 9.00 Å². The fourth-order valence-corrected chi connectivity index (χ4v) is 4.70.